The highest BCUT2D eigenvalue weighted by Crippen LogP contribution is 2.38. The van der Waals surface area contributed by atoms with Crippen LogP contribution in [0.5, 0.6) is 0 Å². The SMILES string of the molecule is C/C=C(\C(=C/NC=O)C(=O)Nc1cc(-c2cnc(N3CCOCC3)nc2)c(F)cc1N1CCC(N(C)C(C)C)C1)C(F)(F)F. The van der Waals surface area contributed by atoms with Gasteiger partial charge in [-0.3, -0.25) is 14.5 Å². The first-order valence-corrected chi connectivity index (χ1v) is 14.3. The second-order valence-electron chi connectivity index (χ2n) is 10.9. The third-order valence-electron chi connectivity index (χ3n) is 7.90. The van der Waals surface area contributed by atoms with Gasteiger partial charge in [0.2, 0.25) is 12.4 Å². The Balaban J connectivity index is 1.74. The van der Waals surface area contributed by atoms with E-state index in [1.54, 1.807) is 0 Å². The first-order chi connectivity index (χ1) is 20.9. The number of carbonyl (C=O) groups excluding carboxylic acids is 2. The normalized spacial score (nSPS) is 18.3. The van der Waals surface area contributed by atoms with Gasteiger partial charge in [-0.1, -0.05) is 6.08 Å². The average molecular weight is 620 g/mol. The number of amides is 2. The molecule has 1 atom stereocenters. The standard InChI is InChI=1S/C30H37F4N7O3/c1-5-24(30(32,33)34)23(16-35-18-42)28(43)38-26-12-22(20-14-36-29(37-15-20)40-8-10-44-11-9-40)25(31)13-27(26)41-7-6-21(17-41)39(4)19(2)3/h5,12-16,18-19,21H,6-11,17H2,1-4H3,(H,35,42)(H,38,43)/b23-16+,24-5+. The summed E-state index contributed by atoms with van der Waals surface area (Å²) in [5.41, 5.74) is -1.23. The molecule has 44 heavy (non-hydrogen) atoms. The number of halogens is 4. The minimum Gasteiger partial charge on any atom is -0.378 e. The maximum atomic E-state index is 15.8. The van der Waals surface area contributed by atoms with Gasteiger partial charge in [-0.15, -0.1) is 0 Å². The van der Waals surface area contributed by atoms with Crippen molar-refractivity contribution in [2.75, 3.05) is 61.6 Å². The Bertz CT molecular complexity index is 1390. The van der Waals surface area contributed by atoms with Crippen molar-refractivity contribution in [1.29, 1.82) is 0 Å². The number of aromatic nitrogens is 2. The van der Waals surface area contributed by atoms with Crippen LogP contribution in [0.1, 0.15) is 27.2 Å². The van der Waals surface area contributed by atoms with E-state index in [-0.39, 0.29) is 29.7 Å². The highest BCUT2D eigenvalue weighted by Gasteiger charge is 2.38. The largest absolute Gasteiger partial charge is 0.416 e. The van der Waals surface area contributed by atoms with Crippen LogP contribution in [0.2, 0.25) is 0 Å². The molecule has 2 aliphatic heterocycles. The van der Waals surface area contributed by atoms with E-state index in [9.17, 15) is 22.8 Å². The van der Waals surface area contributed by atoms with E-state index in [1.165, 1.54) is 24.5 Å². The second-order valence-corrected chi connectivity index (χ2v) is 10.9. The van der Waals surface area contributed by atoms with Gasteiger partial charge in [0.1, 0.15) is 5.82 Å². The lowest BCUT2D eigenvalue weighted by atomic mass is 10.0. The van der Waals surface area contributed by atoms with Crippen molar-refractivity contribution < 1.29 is 31.9 Å². The molecule has 0 bridgehead atoms. The van der Waals surface area contributed by atoms with Crippen LogP contribution >= 0.6 is 0 Å². The summed E-state index contributed by atoms with van der Waals surface area (Å²) in [6.45, 7) is 8.64. The molecule has 2 amide bonds. The Morgan fingerprint density at radius 3 is 2.41 bits per heavy atom. The lowest BCUT2D eigenvalue weighted by Crippen LogP contribution is -2.39. The number of hydrogen-bond donors (Lipinski definition) is 2. The Hall–Kier alpha value is -4.04. The van der Waals surface area contributed by atoms with E-state index in [0.717, 1.165) is 19.4 Å². The van der Waals surface area contributed by atoms with Gasteiger partial charge in [-0.25, -0.2) is 14.4 Å². The molecule has 0 saturated carbocycles. The van der Waals surface area contributed by atoms with Crippen LogP contribution in [0.3, 0.4) is 0 Å². The van der Waals surface area contributed by atoms with Crippen molar-refractivity contribution in [3.63, 3.8) is 0 Å². The van der Waals surface area contributed by atoms with Crippen molar-refractivity contribution in [3.8, 4) is 11.1 Å². The molecule has 14 heteroatoms. The Labute approximate surface area is 253 Å². The molecular weight excluding hydrogens is 582 g/mol. The third-order valence-corrected chi connectivity index (χ3v) is 7.90. The summed E-state index contributed by atoms with van der Waals surface area (Å²) in [6, 6.07) is 3.06. The average Bonchev–Trinajstić information content (AvgIpc) is 3.49. The molecular formula is C30H37F4N7O3. The molecule has 2 N–H and O–H groups in total. The molecule has 4 rings (SSSR count). The van der Waals surface area contributed by atoms with Crippen molar-refractivity contribution >= 4 is 29.6 Å². The van der Waals surface area contributed by atoms with E-state index < -0.39 is 29.0 Å². The van der Waals surface area contributed by atoms with E-state index in [2.05, 4.69) is 34.0 Å². The Kier molecular flexibility index (Phi) is 10.6. The number of nitrogens with one attached hydrogen (secondary N) is 2. The summed E-state index contributed by atoms with van der Waals surface area (Å²) in [6.07, 6.45) is 0.425. The molecule has 0 radical (unpaired) electrons. The second kappa shape index (κ2) is 14.2. The lowest BCUT2D eigenvalue weighted by molar-refractivity contribution is -0.115. The van der Waals surface area contributed by atoms with Gasteiger partial charge >= 0.3 is 6.18 Å². The maximum Gasteiger partial charge on any atom is 0.416 e. The van der Waals surface area contributed by atoms with E-state index in [1.807, 2.05) is 22.2 Å². The number of allylic oxidation sites excluding steroid dienone is 1. The molecule has 0 aliphatic carbocycles. The van der Waals surface area contributed by atoms with E-state index in [4.69, 9.17) is 4.74 Å². The first kappa shape index (κ1) is 32.9. The maximum absolute atomic E-state index is 15.8. The molecule has 3 heterocycles. The molecule has 2 fully saturated rings. The Morgan fingerprint density at radius 1 is 1.14 bits per heavy atom. The summed E-state index contributed by atoms with van der Waals surface area (Å²) < 4.78 is 62.6. The van der Waals surface area contributed by atoms with Crippen LogP contribution < -0.4 is 20.4 Å². The molecule has 2 aromatic rings. The van der Waals surface area contributed by atoms with Crippen molar-refractivity contribution in [3.05, 3.63) is 53.8 Å². The summed E-state index contributed by atoms with van der Waals surface area (Å²) in [7, 11) is 2.00. The third kappa shape index (κ3) is 7.53. The smallest absolute Gasteiger partial charge is 0.378 e. The highest BCUT2D eigenvalue weighted by molar-refractivity contribution is 6.09. The van der Waals surface area contributed by atoms with Crippen molar-refractivity contribution in [1.82, 2.24) is 20.2 Å². The number of morpholine rings is 1. The van der Waals surface area contributed by atoms with E-state index in [0.29, 0.717) is 62.8 Å². The predicted molar refractivity (Wildman–Crippen MR) is 160 cm³/mol. The van der Waals surface area contributed by atoms with Gasteiger partial charge in [0.15, 0.2) is 0 Å². The van der Waals surface area contributed by atoms with Gasteiger partial charge in [-0.2, -0.15) is 13.2 Å². The highest BCUT2D eigenvalue weighted by atomic mass is 19.4. The number of anilines is 3. The minimum atomic E-state index is -4.87. The van der Waals surface area contributed by atoms with Crippen LogP contribution in [-0.2, 0) is 14.3 Å². The first-order valence-electron chi connectivity index (χ1n) is 14.3. The summed E-state index contributed by atoms with van der Waals surface area (Å²) >= 11 is 0. The monoisotopic (exact) mass is 619 g/mol. The molecule has 238 valence electrons. The fraction of sp³-hybridized carbons (Fsp3) is 0.467. The number of rotatable bonds is 10. The zero-order valence-electron chi connectivity index (χ0n) is 25.1. The fourth-order valence-corrected chi connectivity index (χ4v) is 5.29. The van der Waals surface area contributed by atoms with Crippen LogP contribution in [0, 0.1) is 5.82 Å². The molecule has 1 aromatic heterocycles. The molecule has 0 spiro atoms. The van der Waals surface area contributed by atoms with Crippen LogP contribution in [0.25, 0.3) is 11.1 Å². The Morgan fingerprint density at radius 2 is 1.82 bits per heavy atom. The molecule has 1 unspecified atom stereocenters. The lowest BCUT2D eigenvalue weighted by Gasteiger charge is -2.29. The summed E-state index contributed by atoms with van der Waals surface area (Å²) in [5.74, 6) is -1.27. The van der Waals surface area contributed by atoms with Gasteiger partial charge in [0.05, 0.1) is 35.7 Å². The van der Waals surface area contributed by atoms with Crippen molar-refractivity contribution in [2.45, 2.75) is 45.5 Å². The topological polar surface area (TPSA) is 103 Å². The quantitative estimate of drug-likeness (QED) is 0.177. The summed E-state index contributed by atoms with van der Waals surface area (Å²) in [4.78, 5) is 39.1. The van der Waals surface area contributed by atoms with Gasteiger partial charge in [-0.05, 0) is 46.4 Å². The van der Waals surface area contributed by atoms with Crippen LogP contribution in [0.15, 0.2) is 47.9 Å². The summed E-state index contributed by atoms with van der Waals surface area (Å²) in [5, 5.41) is 4.59. The number of nitrogens with zero attached hydrogens (tertiary/aromatic N) is 5. The van der Waals surface area contributed by atoms with Gasteiger partial charge in [0, 0.05) is 68.0 Å². The van der Waals surface area contributed by atoms with Crippen molar-refractivity contribution in [2.24, 2.45) is 0 Å². The number of carbonyl (C=O) groups is 2. The zero-order valence-corrected chi connectivity index (χ0v) is 25.1. The molecule has 1 aromatic carbocycles. The number of hydrogen-bond acceptors (Lipinski definition) is 8. The zero-order chi connectivity index (χ0) is 32.0. The minimum absolute atomic E-state index is 0.0613. The molecule has 10 nitrogen and oxygen atoms in total. The number of alkyl halides is 3. The molecule has 2 saturated heterocycles. The van der Waals surface area contributed by atoms with Crippen LogP contribution in [0.4, 0.5) is 34.9 Å². The van der Waals surface area contributed by atoms with E-state index >= 15 is 4.39 Å². The number of benzene rings is 1. The van der Waals surface area contributed by atoms with Gasteiger partial charge in [0.25, 0.3) is 5.91 Å². The predicted octanol–water partition coefficient (Wildman–Crippen LogP) is 4.12. The fourth-order valence-electron chi connectivity index (χ4n) is 5.29. The molecule has 2 aliphatic rings. The van der Waals surface area contributed by atoms with Crippen LogP contribution in [-0.4, -0.2) is 91.9 Å². The van der Waals surface area contributed by atoms with Gasteiger partial charge < -0.3 is 25.2 Å². The number of ether oxygens (including phenoxy) is 1. The number of likely N-dealkylation sites (N-methyl/N-ethyl adjacent to an activating group) is 1.